The first kappa shape index (κ1) is 25.9. The summed E-state index contributed by atoms with van der Waals surface area (Å²) in [6, 6.07) is 19.3. The second kappa shape index (κ2) is 10.7. The van der Waals surface area contributed by atoms with Crippen LogP contribution in [0.25, 0.3) is 11.8 Å². The minimum atomic E-state index is -0.786. The number of ether oxygens (including phenoxy) is 4. The number of nitrogens with zero attached hydrogens (tertiary/aromatic N) is 2. The molecular weight excluding hydrogens is 552 g/mol. The fourth-order valence-electron chi connectivity index (χ4n) is 4.73. The Morgan fingerprint density at radius 2 is 1.85 bits per heavy atom. The van der Waals surface area contributed by atoms with Crippen LogP contribution in [0.5, 0.6) is 17.2 Å². The van der Waals surface area contributed by atoms with Gasteiger partial charge in [0.15, 0.2) is 16.3 Å². The number of methoxy groups -OCH3 is 1. The van der Waals surface area contributed by atoms with E-state index in [0.29, 0.717) is 48.4 Å². The molecule has 2 aliphatic heterocycles. The van der Waals surface area contributed by atoms with E-state index in [1.807, 2.05) is 42.5 Å². The topological polar surface area (TPSA) is 88.4 Å². The minimum Gasteiger partial charge on any atom is -0.497 e. The Morgan fingerprint density at radius 3 is 2.55 bits per heavy atom. The van der Waals surface area contributed by atoms with Crippen LogP contribution in [0.15, 0.2) is 82.1 Å². The standard InChI is InChI=1S/C30H23ClN2O6S/c1-3-37-29(35)25-26(17-7-5-4-6-8-17)32-30-33(27(25)18-9-11-20(36-2)12-10-18)28(34)24(40-30)14-19-13-22-23(15-21(19)31)39-16-38-22/h4-15,27H,3,16H2,1-2H3/b24-14+. The van der Waals surface area contributed by atoms with E-state index >= 15 is 0 Å². The van der Waals surface area contributed by atoms with Crippen molar-refractivity contribution in [1.82, 2.24) is 4.57 Å². The Bertz CT molecular complexity index is 1830. The van der Waals surface area contributed by atoms with Crippen LogP contribution in [0, 0.1) is 0 Å². The molecule has 202 valence electrons. The summed E-state index contributed by atoms with van der Waals surface area (Å²) in [6.07, 6.45) is 1.70. The van der Waals surface area contributed by atoms with Crippen molar-refractivity contribution in [3.63, 3.8) is 0 Å². The molecule has 0 spiro atoms. The highest BCUT2D eigenvalue weighted by Crippen LogP contribution is 2.38. The third kappa shape index (κ3) is 4.57. The number of hydrogen-bond acceptors (Lipinski definition) is 8. The zero-order valence-corrected chi connectivity index (χ0v) is 23.1. The fourth-order valence-corrected chi connectivity index (χ4v) is 5.93. The van der Waals surface area contributed by atoms with Gasteiger partial charge in [-0.2, -0.15) is 0 Å². The number of carbonyl (C=O) groups excluding carboxylic acids is 1. The lowest BCUT2D eigenvalue weighted by atomic mass is 9.93. The summed E-state index contributed by atoms with van der Waals surface area (Å²) in [5, 5.41) is 0.416. The first-order chi connectivity index (χ1) is 19.5. The summed E-state index contributed by atoms with van der Waals surface area (Å²) in [5.41, 5.74) is 2.46. The van der Waals surface area contributed by atoms with Crippen LogP contribution in [0.4, 0.5) is 0 Å². The van der Waals surface area contributed by atoms with Crippen LogP contribution >= 0.6 is 22.9 Å². The smallest absolute Gasteiger partial charge is 0.338 e. The predicted octanol–water partition coefficient (Wildman–Crippen LogP) is 4.33. The number of rotatable bonds is 6. The quantitative estimate of drug-likeness (QED) is 0.319. The second-order valence-electron chi connectivity index (χ2n) is 8.93. The minimum absolute atomic E-state index is 0.109. The van der Waals surface area contributed by atoms with Gasteiger partial charge in [-0.3, -0.25) is 9.36 Å². The van der Waals surface area contributed by atoms with E-state index < -0.39 is 12.0 Å². The molecule has 1 atom stereocenters. The number of fused-ring (bicyclic) bond motifs is 2. The van der Waals surface area contributed by atoms with Gasteiger partial charge in [0, 0.05) is 11.6 Å². The number of benzene rings is 3. The first-order valence-electron chi connectivity index (χ1n) is 12.5. The summed E-state index contributed by atoms with van der Waals surface area (Å²) in [5.74, 6) is 1.21. The highest BCUT2D eigenvalue weighted by atomic mass is 35.5. The molecule has 1 aromatic heterocycles. The molecule has 4 aromatic rings. The third-order valence-electron chi connectivity index (χ3n) is 6.58. The van der Waals surface area contributed by atoms with Crippen LogP contribution in [-0.2, 0) is 9.53 Å². The molecule has 0 fully saturated rings. The average Bonchev–Trinajstić information content (AvgIpc) is 3.56. The summed E-state index contributed by atoms with van der Waals surface area (Å²) in [6.45, 7) is 2.03. The Kier molecular flexibility index (Phi) is 6.91. The van der Waals surface area contributed by atoms with E-state index in [2.05, 4.69) is 0 Å². The van der Waals surface area contributed by atoms with Crippen molar-refractivity contribution in [1.29, 1.82) is 0 Å². The number of halogens is 1. The summed E-state index contributed by atoms with van der Waals surface area (Å²) in [7, 11) is 1.58. The number of esters is 1. The van der Waals surface area contributed by atoms with Crippen LogP contribution in [0.3, 0.4) is 0 Å². The van der Waals surface area contributed by atoms with Crippen LogP contribution < -0.4 is 29.1 Å². The third-order valence-corrected chi connectivity index (χ3v) is 7.89. The lowest BCUT2D eigenvalue weighted by Gasteiger charge is -2.26. The Morgan fingerprint density at radius 1 is 1.12 bits per heavy atom. The van der Waals surface area contributed by atoms with Gasteiger partial charge in [0.25, 0.3) is 5.56 Å². The number of aromatic nitrogens is 1. The van der Waals surface area contributed by atoms with Crippen molar-refractivity contribution in [2.75, 3.05) is 20.5 Å². The molecule has 3 aromatic carbocycles. The maximum atomic E-state index is 14.0. The van der Waals surface area contributed by atoms with E-state index in [9.17, 15) is 9.59 Å². The van der Waals surface area contributed by atoms with Crippen molar-refractivity contribution in [2.45, 2.75) is 13.0 Å². The van der Waals surface area contributed by atoms with Crippen molar-refractivity contribution in [2.24, 2.45) is 4.99 Å². The molecule has 0 saturated carbocycles. The van der Waals surface area contributed by atoms with E-state index in [0.717, 1.165) is 5.56 Å². The van der Waals surface area contributed by atoms with E-state index in [1.165, 1.54) is 15.9 Å². The molecule has 6 rings (SSSR count). The molecule has 40 heavy (non-hydrogen) atoms. The highest BCUT2D eigenvalue weighted by Gasteiger charge is 2.35. The predicted molar refractivity (Wildman–Crippen MR) is 152 cm³/mol. The van der Waals surface area contributed by atoms with E-state index in [4.69, 9.17) is 35.5 Å². The zero-order chi connectivity index (χ0) is 27.8. The van der Waals surface area contributed by atoms with E-state index in [1.54, 1.807) is 44.4 Å². The number of hydrogen-bond donors (Lipinski definition) is 0. The Hall–Kier alpha value is -4.34. The fraction of sp³-hybridized carbons (Fsp3) is 0.167. The van der Waals surface area contributed by atoms with Gasteiger partial charge in [0.05, 0.1) is 40.6 Å². The van der Waals surface area contributed by atoms with Gasteiger partial charge < -0.3 is 18.9 Å². The monoisotopic (exact) mass is 574 g/mol. The van der Waals surface area contributed by atoms with Gasteiger partial charge in [0.1, 0.15) is 5.75 Å². The zero-order valence-electron chi connectivity index (χ0n) is 21.5. The van der Waals surface area contributed by atoms with Crippen molar-refractivity contribution in [3.8, 4) is 17.2 Å². The van der Waals surface area contributed by atoms with Crippen LogP contribution in [0.1, 0.15) is 29.7 Å². The summed E-state index contributed by atoms with van der Waals surface area (Å²) in [4.78, 5) is 32.9. The molecular formula is C30H23ClN2O6S. The molecule has 10 heteroatoms. The van der Waals surface area contributed by atoms with Gasteiger partial charge in [-0.05, 0) is 42.3 Å². The van der Waals surface area contributed by atoms with Crippen molar-refractivity contribution >= 4 is 40.7 Å². The number of thiazole rings is 1. The molecule has 2 aliphatic rings. The largest absolute Gasteiger partial charge is 0.497 e. The van der Waals surface area contributed by atoms with Crippen LogP contribution in [-0.4, -0.2) is 31.0 Å². The van der Waals surface area contributed by atoms with E-state index in [-0.39, 0.29) is 24.5 Å². The van der Waals surface area contributed by atoms with Gasteiger partial charge in [-0.1, -0.05) is 65.4 Å². The van der Waals surface area contributed by atoms with Gasteiger partial charge in [0.2, 0.25) is 6.79 Å². The Labute approximate surface area is 238 Å². The van der Waals surface area contributed by atoms with Crippen LogP contribution in [0.2, 0.25) is 5.02 Å². The van der Waals surface area contributed by atoms with Gasteiger partial charge >= 0.3 is 5.97 Å². The molecule has 0 bridgehead atoms. The average molecular weight is 575 g/mol. The molecule has 8 nitrogen and oxygen atoms in total. The Balaban J connectivity index is 1.62. The lowest BCUT2D eigenvalue weighted by Crippen LogP contribution is -2.40. The summed E-state index contributed by atoms with van der Waals surface area (Å²) < 4.78 is 23.7. The second-order valence-corrected chi connectivity index (χ2v) is 10.3. The first-order valence-corrected chi connectivity index (χ1v) is 13.7. The van der Waals surface area contributed by atoms with Gasteiger partial charge in [-0.15, -0.1) is 0 Å². The maximum Gasteiger partial charge on any atom is 0.338 e. The maximum absolute atomic E-state index is 14.0. The normalized spacial score (nSPS) is 16.0. The molecule has 0 saturated heterocycles. The molecule has 0 aliphatic carbocycles. The molecule has 0 N–H and O–H groups in total. The highest BCUT2D eigenvalue weighted by molar-refractivity contribution is 7.07. The molecule has 0 radical (unpaired) electrons. The van der Waals surface area contributed by atoms with Crippen molar-refractivity contribution in [3.05, 3.63) is 114 Å². The molecule has 3 heterocycles. The van der Waals surface area contributed by atoms with Gasteiger partial charge in [-0.25, -0.2) is 9.79 Å². The summed E-state index contributed by atoms with van der Waals surface area (Å²) >= 11 is 7.73. The lowest BCUT2D eigenvalue weighted by molar-refractivity contribution is -0.138. The SMILES string of the molecule is CCOC(=O)C1=C(c2ccccc2)N=c2s/c(=C/c3cc4c(cc3Cl)OCO4)c(=O)n2C1c1ccc(OC)cc1. The molecule has 1 unspecified atom stereocenters. The number of carbonyl (C=O) groups is 1. The molecule has 0 amide bonds. The van der Waals surface area contributed by atoms with Crippen molar-refractivity contribution < 1.29 is 23.7 Å².